The van der Waals surface area contributed by atoms with Crippen LogP contribution in [0.15, 0.2) is 46.6 Å². The largest absolute Gasteiger partial charge is 0.300 e. The zero-order valence-corrected chi connectivity index (χ0v) is 16.9. The molecule has 0 fully saturated rings. The molecule has 0 radical (unpaired) electrons. The molecular formula is C23H38O. The Morgan fingerprint density at radius 1 is 0.667 bits per heavy atom. The van der Waals surface area contributed by atoms with Gasteiger partial charge in [-0.2, -0.15) is 0 Å². The maximum atomic E-state index is 10.9. The van der Waals surface area contributed by atoms with Crippen molar-refractivity contribution in [2.75, 3.05) is 0 Å². The second kappa shape index (κ2) is 14.0. The summed E-state index contributed by atoms with van der Waals surface area (Å²) >= 11 is 0. The van der Waals surface area contributed by atoms with E-state index in [1.54, 1.807) is 18.1 Å². The van der Waals surface area contributed by atoms with Gasteiger partial charge in [-0.3, -0.25) is 0 Å². The third-order valence-electron chi connectivity index (χ3n) is 4.57. The Hall–Kier alpha value is -1.37. The summed E-state index contributed by atoms with van der Waals surface area (Å²) in [5.74, 6) is 0.277. The molecule has 1 nitrogen and oxygen atoms in total. The third kappa shape index (κ3) is 13.1. The molecule has 24 heavy (non-hydrogen) atoms. The number of hydrogen-bond acceptors (Lipinski definition) is 1. The van der Waals surface area contributed by atoms with Gasteiger partial charge in [0.1, 0.15) is 5.78 Å². The molecule has 136 valence electrons. The molecule has 0 aromatic rings. The summed E-state index contributed by atoms with van der Waals surface area (Å²) in [7, 11) is 0. The predicted octanol–water partition coefficient (Wildman–Crippen LogP) is 7.50. The highest BCUT2D eigenvalue weighted by atomic mass is 16.1. The van der Waals surface area contributed by atoms with Crippen molar-refractivity contribution in [1.29, 1.82) is 0 Å². The third-order valence-corrected chi connectivity index (χ3v) is 4.57. The Morgan fingerprint density at radius 3 is 1.79 bits per heavy atom. The van der Waals surface area contributed by atoms with Crippen molar-refractivity contribution < 1.29 is 4.79 Å². The number of Topliss-reactive ketones (excluding diaryl/α,β-unsaturated/α-hetero) is 1. The first-order chi connectivity index (χ1) is 11.4. The van der Waals surface area contributed by atoms with Crippen molar-refractivity contribution in [1.82, 2.24) is 0 Å². The first-order valence-electron chi connectivity index (χ1n) is 9.43. The molecule has 0 aliphatic rings. The molecule has 0 unspecified atom stereocenters. The van der Waals surface area contributed by atoms with Crippen molar-refractivity contribution in [3.8, 4) is 0 Å². The van der Waals surface area contributed by atoms with Crippen LogP contribution in [0.1, 0.15) is 92.9 Å². The van der Waals surface area contributed by atoms with E-state index in [1.807, 2.05) is 0 Å². The minimum atomic E-state index is 0.277. The van der Waals surface area contributed by atoms with Crippen LogP contribution in [0.25, 0.3) is 0 Å². The van der Waals surface area contributed by atoms with Crippen molar-refractivity contribution in [3.63, 3.8) is 0 Å². The zero-order chi connectivity index (χ0) is 18.4. The van der Waals surface area contributed by atoms with Crippen LogP contribution in [-0.4, -0.2) is 5.78 Å². The van der Waals surface area contributed by atoms with Crippen LogP contribution in [0.5, 0.6) is 0 Å². The highest BCUT2D eigenvalue weighted by Crippen LogP contribution is 2.19. The lowest BCUT2D eigenvalue weighted by atomic mass is 9.99. The minimum absolute atomic E-state index is 0.277. The number of rotatable bonds is 12. The van der Waals surface area contributed by atoms with Crippen molar-refractivity contribution in [2.45, 2.75) is 92.9 Å². The van der Waals surface area contributed by atoms with Crippen molar-refractivity contribution in [3.05, 3.63) is 46.6 Å². The number of ketones is 1. The van der Waals surface area contributed by atoms with E-state index in [0.29, 0.717) is 6.42 Å². The highest BCUT2D eigenvalue weighted by molar-refractivity contribution is 5.75. The molecule has 0 aliphatic heterocycles. The maximum absolute atomic E-state index is 10.9. The average Bonchev–Trinajstić information content (AvgIpc) is 2.52. The summed E-state index contributed by atoms with van der Waals surface area (Å²) in [6.07, 6.45) is 17.4. The normalized spacial score (nSPS) is 14.2. The average molecular weight is 331 g/mol. The van der Waals surface area contributed by atoms with E-state index in [2.05, 4.69) is 58.9 Å². The topological polar surface area (TPSA) is 17.1 Å². The van der Waals surface area contributed by atoms with E-state index in [0.717, 1.165) is 25.7 Å². The SMILES string of the molecule is CC=CCC/C(C)=C(/C)CC/C(C)=C/CC/C(C)=C/CCC(C)=O. The van der Waals surface area contributed by atoms with Gasteiger partial charge in [-0.1, -0.05) is 46.6 Å². The van der Waals surface area contributed by atoms with Crippen LogP contribution in [0, 0.1) is 0 Å². The molecule has 0 heterocycles. The lowest BCUT2D eigenvalue weighted by Gasteiger charge is -2.08. The van der Waals surface area contributed by atoms with E-state index in [4.69, 9.17) is 0 Å². The number of carbonyl (C=O) groups is 1. The molecule has 0 rings (SSSR count). The molecule has 0 saturated heterocycles. The minimum Gasteiger partial charge on any atom is -0.300 e. The monoisotopic (exact) mass is 330 g/mol. The summed E-state index contributed by atoms with van der Waals surface area (Å²) in [6, 6.07) is 0. The lowest BCUT2D eigenvalue weighted by Crippen LogP contribution is -1.88. The van der Waals surface area contributed by atoms with Gasteiger partial charge in [0.15, 0.2) is 0 Å². The molecular weight excluding hydrogens is 292 g/mol. The Kier molecular flexibility index (Phi) is 13.2. The summed E-state index contributed by atoms with van der Waals surface area (Å²) < 4.78 is 0. The van der Waals surface area contributed by atoms with Crippen LogP contribution in [0.4, 0.5) is 0 Å². The highest BCUT2D eigenvalue weighted by Gasteiger charge is 1.99. The Morgan fingerprint density at radius 2 is 1.21 bits per heavy atom. The van der Waals surface area contributed by atoms with Crippen LogP contribution in [0.3, 0.4) is 0 Å². The Balaban J connectivity index is 4.14. The molecule has 0 aromatic heterocycles. The van der Waals surface area contributed by atoms with Gasteiger partial charge in [0.25, 0.3) is 0 Å². The molecule has 0 aliphatic carbocycles. The van der Waals surface area contributed by atoms with Gasteiger partial charge in [0, 0.05) is 6.42 Å². The van der Waals surface area contributed by atoms with E-state index < -0.39 is 0 Å². The summed E-state index contributed by atoms with van der Waals surface area (Å²) in [6.45, 7) is 12.7. The fourth-order valence-electron chi connectivity index (χ4n) is 2.55. The summed E-state index contributed by atoms with van der Waals surface area (Å²) in [5, 5.41) is 0. The fourth-order valence-corrected chi connectivity index (χ4v) is 2.55. The van der Waals surface area contributed by atoms with Crippen molar-refractivity contribution >= 4 is 5.78 Å². The summed E-state index contributed by atoms with van der Waals surface area (Å²) in [5.41, 5.74) is 5.99. The van der Waals surface area contributed by atoms with Gasteiger partial charge in [-0.15, -0.1) is 0 Å². The van der Waals surface area contributed by atoms with Crippen LogP contribution in [0.2, 0.25) is 0 Å². The Bertz CT molecular complexity index is 486. The van der Waals surface area contributed by atoms with Gasteiger partial charge < -0.3 is 4.79 Å². The smallest absolute Gasteiger partial charge is 0.130 e. The van der Waals surface area contributed by atoms with Gasteiger partial charge in [-0.25, -0.2) is 0 Å². The maximum Gasteiger partial charge on any atom is 0.130 e. The first-order valence-corrected chi connectivity index (χ1v) is 9.43. The van der Waals surface area contributed by atoms with Gasteiger partial charge >= 0.3 is 0 Å². The van der Waals surface area contributed by atoms with E-state index >= 15 is 0 Å². The van der Waals surface area contributed by atoms with E-state index in [9.17, 15) is 4.79 Å². The molecule has 0 spiro atoms. The fraction of sp³-hybridized carbons (Fsp3) is 0.609. The number of carbonyl (C=O) groups excluding carboxylic acids is 1. The van der Waals surface area contributed by atoms with E-state index in [-0.39, 0.29) is 5.78 Å². The van der Waals surface area contributed by atoms with Gasteiger partial charge in [-0.05, 0) is 86.5 Å². The van der Waals surface area contributed by atoms with Crippen LogP contribution >= 0.6 is 0 Å². The number of allylic oxidation sites excluding steroid dienone is 8. The van der Waals surface area contributed by atoms with Gasteiger partial charge in [0.2, 0.25) is 0 Å². The second-order valence-electron chi connectivity index (χ2n) is 7.05. The van der Waals surface area contributed by atoms with Crippen LogP contribution in [-0.2, 0) is 4.79 Å². The molecule has 0 amide bonds. The second-order valence-corrected chi connectivity index (χ2v) is 7.05. The molecule has 0 saturated carbocycles. The number of hydrogen-bond donors (Lipinski definition) is 0. The first kappa shape index (κ1) is 22.6. The lowest BCUT2D eigenvalue weighted by molar-refractivity contribution is -0.116. The molecule has 0 aromatic carbocycles. The molecule has 0 atom stereocenters. The predicted molar refractivity (Wildman–Crippen MR) is 108 cm³/mol. The van der Waals surface area contributed by atoms with Gasteiger partial charge in [0.05, 0.1) is 0 Å². The zero-order valence-electron chi connectivity index (χ0n) is 16.9. The Labute approximate surface area is 150 Å². The molecule has 0 N–H and O–H groups in total. The molecule has 0 bridgehead atoms. The van der Waals surface area contributed by atoms with E-state index in [1.165, 1.54) is 30.4 Å². The van der Waals surface area contributed by atoms with Crippen LogP contribution < -0.4 is 0 Å². The van der Waals surface area contributed by atoms with Crippen molar-refractivity contribution in [2.24, 2.45) is 0 Å². The standard InChI is InChI=1S/C23H38O/c1-7-8-9-15-21(4)22(5)18-17-20(3)13-10-12-19(2)14-11-16-23(6)24/h7-8,13-14H,9-12,15-18H2,1-6H3/b8-7?,19-14+,20-13+,22-21-. The summed E-state index contributed by atoms with van der Waals surface area (Å²) in [4.78, 5) is 10.9. The molecule has 1 heteroatoms. The quantitative estimate of drug-likeness (QED) is 0.338.